The molecule has 0 aliphatic carbocycles. The number of carbonyl (C=O) groups is 1. The number of nitrogens with zero attached hydrogens (tertiary/aromatic N) is 1. The third-order valence-electron chi connectivity index (χ3n) is 2.79. The second-order valence-corrected chi connectivity index (χ2v) is 4.13. The van der Waals surface area contributed by atoms with Gasteiger partial charge in [0.2, 0.25) is 0 Å². The van der Waals surface area contributed by atoms with Crippen molar-refractivity contribution in [3.05, 3.63) is 69.9 Å². The summed E-state index contributed by atoms with van der Waals surface area (Å²) in [5.41, 5.74) is 0.694. The Kier molecular flexibility index (Phi) is 3.75. The maximum absolute atomic E-state index is 12.7. The van der Waals surface area contributed by atoms with E-state index in [9.17, 15) is 14.0 Å². The maximum atomic E-state index is 12.7. The van der Waals surface area contributed by atoms with Gasteiger partial charge < -0.3 is 9.67 Å². The highest BCUT2D eigenvalue weighted by Crippen LogP contribution is 2.05. The summed E-state index contributed by atoms with van der Waals surface area (Å²) in [6.45, 7) is 0.353. The van der Waals surface area contributed by atoms with Gasteiger partial charge in [0.15, 0.2) is 0 Å². The van der Waals surface area contributed by atoms with E-state index in [-0.39, 0.29) is 16.9 Å². The fourth-order valence-corrected chi connectivity index (χ4v) is 1.73. The van der Waals surface area contributed by atoms with E-state index >= 15 is 0 Å². The van der Waals surface area contributed by atoms with E-state index in [1.165, 1.54) is 35.0 Å². The summed E-state index contributed by atoms with van der Waals surface area (Å²) in [5.74, 6) is -1.38. The monoisotopic (exact) mass is 261 g/mol. The Morgan fingerprint density at radius 3 is 2.47 bits per heavy atom. The normalized spacial score (nSPS) is 10.4. The highest BCUT2D eigenvalue weighted by molar-refractivity contribution is 5.87. The molecule has 98 valence electrons. The van der Waals surface area contributed by atoms with Crippen molar-refractivity contribution in [2.75, 3.05) is 0 Å². The average Bonchev–Trinajstić information content (AvgIpc) is 2.39. The Morgan fingerprint density at radius 1 is 1.16 bits per heavy atom. The van der Waals surface area contributed by atoms with Crippen LogP contribution < -0.4 is 5.56 Å². The van der Waals surface area contributed by atoms with Crippen LogP contribution in [0.5, 0.6) is 0 Å². The Hall–Kier alpha value is -2.43. The fraction of sp³-hybridized carbons (Fsp3) is 0.143. The number of pyridine rings is 1. The van der Waals surface area contributed by atoms with Gasteiger partial charge in [0.1, 0.15) is 5.82 Å². The molecule has 0 radical (unpaired) electrons. The second kappa shape index (κ2) is 5.48. The lowest BCUT2D eigenvalue weighted by Gasteiger charge is -2.06. The van der Waals surface area contributed by atoms with Gasteiger partial charge in [0.05, 0.1) is 5.56 Å². The molecule has 2 aromatic rings. The minimum absolute atomic E-state index is 0.0682. The number of carboxylic acid groups (broad SMARTS) is 1. The quantitative estimate of drug-likeness (QED) is 0.914. The van der Waals surface area contributed by atoms with Gasteiger partial charge in [0, 0.05) is 18.8 Å². The van der Waals surface area contributed by atoms with E-state index in [1.807, 2.05) is 0 Å². The summed E-state index contributed by atoms with van der Waals surface area (Å²) in [4.78, 5) is 22.4. The topological polar surface area (TPSA) is 59.3 Å². The molecule has 1 aromatic heterocycles. The molecule has 0 atom stereocenters. The first-order valence-electron chi connectivity index (χ1n) is 5.74. The van der Waals surface area contributed by atoms with Crippen LogP contribution in [0.4, 0.5) is 4.39 Å². The molecule has 0 spiro atoms. The minimum atomic E-state index is -1.07. The molecular formula is C14H12FNO3. The number of aromatic carboxylic acids is 1. The first-order chi connectivity index (χ1) is 9.06. The van der Waals surface area contributed by atoms with Crippen LogP contribution in [-0.2, 0) is 13.0 Å². The summed E-state index contributed by atoms with van der Waals surface area (Å²) in [7, 11) is 0. The van der Waals surface area contributed by atoms with Crippen molar-refractivity contribution in [1.29, 1.82) is 0 Å². The predicted octanol–water partition coefficient (Wildman–Crippen LogP) is 1.93. The van der Waals surface area contributed by atoms with E-state index in [0.29, 0.717) is 13.0 Å². The molecule has 0 amide bonds. The van der Waals surface area contributed by atoms with Gasteiger partial charge in [-0.25, -0.2) is 9.18 Å². The molecule has 0 aliphatic heterocycles. The predicted molar refractivity (Wildman–Crippen MR) is 67.8 cm³/mol. The number of aromatic nitrogens is 1. The first-order valence-corrected chi connectivity index (χ1v) is 5.74. The molecule has 0 saturated heterocycles. The number of benzene rings is 1. The molecule has 19 heavy (non-hydrogen) atoms. The van der Waals surface area contributed by atoms with Crippen molar-refractivity contribution in [1.82, 2.24) is 4.57 Å². The lowest BCUT2D eigenvalue weighted by molar-refractivity contribution is 0.0696. The van der Waals surface area contributed by atoms with Crippen LogP contribution in [0.15, 0.2) is 47.4 Å². The van der Waals surface area contributed by atoms with Crippen molar-refractivity contribution < 1.29 is 14.3 Å². The second-order valence-electron chi connectivity index (χ2n) is 4.13. The van der Waals surface area contributed by atoms with Crippen LogP contribution in [0, 0.1) is 5.82 Å². The van der Waals surface area contributed by atoms with Gasteiger partial charge in [-0.1, -0.05) is 12.1 Å². The Bertz CT molecular complexity index is 646. The maximum Gasteiger partial charge on any atom is 0.337 e. The van der Waals surface area contributed by atoms with E-state index in [2.05, 4.69) is 0 Å². The molecular weight excluding hydrogens is 249 g/mol. The molecule has 0 saturated carbocycles. The highest BCUT2D eigenvalue weighted by Gasteiger charge is 2.05. The largest absolute Gasteiger partial charge is 0.478 e. The van der Waals surface area contributed by atoms with Crippen molar-refractivity contribution in [3.63, 3.8) is 0 Å². The third kappa shape index (κ3) is 3.28. The number of hydrogen-bond acceptors (Lipinski definition) is 2. The van der Waals surface area contributed by atoms with Crippen LogP contribution in [0.3, 0.4) is 0 Å². The molecule has 0 aliphatic rings. The number of rotatable bonds is 4. The molecule has 1 heterocycles. The van der Waals surface area contributed by atoms with E-state index in [4.69, 9.17) is 5.11 Å². The molecule has 0 bridgehead atoms. The van der Waals surface area contributed by atoms with Crippen LogP contribution in [0.25, 0.3) is 0 Å². The lowest BCUT2D eigenvalue weighted by atomic mass is 10.1. The molecule has 5 heteroatoms. The summed E-state index contributed by atoms with van der Waals surface area (Å²) >= 11 is 0. The van der Waals surface area contributed by atoms with Crippen LogP contribution in [-0.4, -0.2) is 15.6 Å². The number of aryl methyl sites for hydroxylation is 2. The van der Waals surface area contributed by atoms with Gasteiger partial charge in [-0.05, 0) is 30.2 Å². The molecule has 4 nitrogen and oxygen atoms in total. The van der Waals surface area contributed by atoms with Gasteiger partial charge in [-0.2, -0.15) is 0 Å². The van der Waals surface area contributed by atoms with Gasteiger partial charge in [-0.15, -0.1) is 0 Å². The van der Waals surface area contributed by atoms with E-state index < -0.39 is 5.97 Å². The molecule has 2 rings (SSSR count). The van der Waals surface area contributed by atoms with E-state index in [0.717, 1.165) is 5.56 Å². The van der Waals surface area contributed by atoms with Crippen molar-refractivity contribution in [3.8, 4) is 0 Å². The third-order valence-corrected chi connectivity index (χ3v) is 2.79. The highest BCUT2D eigenvalue weighted by atomic mass is 19.1. The number of carboxylic acids is 1. The summed E-state index contributed by atoms with van der Waals surface area (Å²) in [6, 6.07) is 8.49. The first kappa shape index (κ1) is 13.0. The molecule has 1 aromatic carbocycles. The summed E-state index contributed by atoms with van der Waals surface area (Å²) in [5, 5.41) is 8.86. The van der Waals surface area contributed by atoms with Crippen molar-refractivity contribution >= 4 is 5.97 Å². The Labute approximate surface area is 108 Å². The smallest absolute Gasteiger partial charge is 0.337 e. The Morgan fingerprint density at radius 2 is 1.84 bits per heavy atom. The lowest BCUT2D eigenvalue weighted by Crippen LogP contribution is -2.21. The van der Waals surface area contributed by atoms with Crippen molar-refractivity contribution in [2.45, 2.75) is 13.0 Å². The zero-order chi connectivity index (χ0) is 13.8. The SMILES string of the molecule is O=C(O)c1ccc(=O)n(CCc2ccc(F)cc2)c1. The van der Waals surface area contributed by atoms with Crippen molar-refractivity contribution in [2.24, 2.45) is 0 Å². The van der Waals surface area contributed by atoms with Gasteiger partial charge >= 0.3 is 5.97 Å². The average molecular weight is 261 g/mol. The van der Waals surface area contributed by atoms with Gasteiger partial charge in [-0.3, -0.25) is 4.79 Å². The Balaban J connectivity index is 2.15. The standard InChI is InChI=1S/C14H12FNO3/c15-12-4-1-10(2-5-12)7-8-16-9-11(14(18)19)3-6-13(16)17/h1-6,9H,7-8H2,(H,18,19). The molecule has 0 unspecified atom stereocenters. The minimum Gasteiger partial charge on any atom is -0.478 e. The van der Waals surface area contributed by atoms with Gasteiger partial charge in [0.25, 0.3) is 5.56 Å². The van der Waals surface area contributed by atoms with Crippen LogP contribution in [0.1, 0.15) is 15.9 Å². The number of halogens is 1. The zero-order valence-corrected chi connectivity index (χ0v) is 10.0. The summed E-state index contributed by atoms with van der Waals surface area (Å²) in [6.07, 6.45) is 1.84. The van der Waals surface area contributed by atoms with E-state index in [1.54, 1.807) is 12.1 Å². The molecule has 1 N–H and O–H groups in total. The van der Waals surface area contributed by atoms with Crippen LogP contribution >= 0.6 is 0 Å². The zero-order valence-electron chi connectivity index (χ0n) is 10.0. The number of hydrogen-bond donors (Lipinski definition) is 1. The fourth-order valence-electron chi connectivity index (χ4n) is 1.73. The molecule has 0 fully saturated rings. The summed E-state index contributed by atoms with van der Waals surface area (Å²) < 4.78 is 14.1. The van der Waals surface area contributed by atoms with Crippen LogP contribution in [0.2, 0.25) is 0 Å².